The maximum atomic E-state index is 13.4. The second kappa shape index (κ2) is 20.2. The number of hydrogen-bond donors (Lipinski definition) is 3. The number of imidazole rings is 1. The number of benzene rings is 3. The Hall–Kier alpha value is -5.66. The van der Waals surface area contributed by atoms with Gasteiger partial charge in [0.2, 0.25) is 11.9 Å². The third kappa shape index (κ3) is 10.7. The maximum Gasteiger partial charge on any atom is 0.416 e. The Labute approximate surface area is 374 Å². The molecular weight excluding hydrogens is 848 g/mol. The van der Waals surface area contributed by atoms with Crippen molar-refractivity contribution in [1.82, 2.24) is 29.6 Å². The zero-order valence-electron chi connectivity index (χ0n) is 36.1. The molecule has 1 atom stereocenters. The Morgan fingerprint density at radius 2 is 1.57 bits per heavy atom. The average Bonchev–Trinajstić information content (AvgIpc) is 3.77. The molecule has 65 heavy (non-hydrogen) atoms. The first-order chi connectivity index (χ1) is 31.4. The molecule has 1 aliphatic carbocycles. The van der Waals surface area contributed by atoms with Crippen LogP contribution in [0, 0.1) is 5.92 Å². The van der Waals surface area contributed by atoms with Crippen LogP contribution in [0.15, 0.2) is 72.9 Å². The van der Waals surface area contributed by atoms with Crippen LogP contribution in [0.5, 0.6) is 5.75 Å². The number of carbonyl (C=O) groups excluding carboxylic acids is 4. The number of aliphatic hydroxyl groups is 1. The molecule has 2 saturated heterocycles. The minimum Gasteiger partial charge on any atom is -0.491 e. The van der Waals surface area contributed by atoms with E-state index in [1.807, 2.05) is 16.7 Å². The van der Waals surface area contributed by atoms with E-state index in [4.69, 9.17) is 19.2 Å². The lowest BCUT2D eigenvalue weighted by atomic mass is 9.86. The number of anilines is 1. The molecule has 18 heteroatoms. The van der Waals surface area contributed by atoms with Crippen LogP contribution in [0.2, 0.25) is 0 Å². The van der Waals surface area contributed by atoms with Crippen LogP contribution in [-0.4, -0.2) is 131 Å². The number of imide groups is 1. The number of amides is 4. The summed E-state index contributed by atoms with van der Waals surface area (Å²) in [4.78, 5) is 62.4. The van der Waals surface area contributed by atoms with E-state index in [9.17, 15) is 37.5 Å². The fourth-order valence-corrected chi connectivity index (χ4v) is 9.08. The molecule has 4 aliphatic rings. The molecule has 0 spiro atoms. The number of ether oxygens (including phenoxy) is 3. The van der Waals surface area contributed by atoms with Gasteiger partial charge in [-0.2, -0.15) is 13.2 Å². The number of piperazine rings is 1. The van der Waals surface area contributed by atoms with E-state index in [1.165, 1.54) is 18.2 Å². The van der Waals surface area contributed by atoms with Gasteiger partial charge >= 0.3 is 6.18 Å². The number of piperidine rings is 1. The van der Waals surface area contributed by atoms with Crippen molar-refractivity contribution in [1.29, 1.82) is 0 Å². The number of aromatic nitrogens is 2. The van der Waals surface area contributed by atoms with E-state index in [0.717, 1.165) is 86.5 Å². The van der Waals surface area contributed by atoms with Gasteiger partial charge in [0.1, 0.15) is 18.4 Å². The molecule has 0 radical (unpaired) electrons. The third-order valence-electron chi connectivity index (χ3n) is 12.7. The molecule has 1 unspecified atom stereocenters. The monoisotopic (exact) mass is 901 g/mol. The highest BCUT2D eigenvalue weighted by Gasteiger charge is 2.44. The standard InChI is InChI=1S/C47H54F3N7O8/c1-30-5-13-41(43(60)51-30)57-44(61)37-12-11-36(27-38(37)45(57)62)65-24-23-64-22-21-63-20-19-54-15-17-55(18-16-54)28-32-8-14-40-39(25-32)52-46(56(40)35-9-6-31(29-58)7-10-35)53-42(59)33-3-2-4-34(26-33)47(48,49)50/h2-4,8,11-12,14,25-27,31,35,41,58H,1,5-7,9-10,13,15-24,28-29H2,(H,51,60)(H,52,53,59)/t31-,35+,41?. The van der Waals surface area contributed by atoms with E-state index in [0.29, 0.717) is 68.7 Å². The summed E-state index contributed by atoms with van der Waals surface area (Å²) in [6.45, 7) is 10.8. The van der Waals surface area contributed by atoms with E-state index in [2.05, 4.69) is 33.1 Å². The lowest BCUT2D eigenvalue weighted by Crippen LogP contribution is -2.51. The van der Waals surface area contributed by atoms with Crippen LogP contribution in [0.3, 0.4) is 0 Å². The SMILES string of the molecule is C=C1CCC(N2C(=O)c3ccc(OCCOCCOCCN4CCN(Cc5ccc6c(c5)nc(NC(=O)c5cccc(C(F)(F)F)c5)n6[C@H]5CC[C@@H](CO)CC5)CC4)cc3C2=O)C(=O)N1. The fraction of sp³-hybridized carbons (Fsp3) is 0.468. The number of alkyl halides is 3. The number of halogens is 3. The van der Waals surface area contributed by atoms with Crippen molar-refractivity contribution >= 4 is 40.6 Å². The summed E-state index contributed by atoms with van der Waals surface area (Å²) in [5, 5.41) is 15.2. The van der Waals surface area contributed by atoms with Gasteiger partial charge in [0.25, 0.3) is 17.7 Å². The van der Waals surface area contributed by atoms with E-state index in [-0.39, 0.29) is 41.9 Å². The van der Waals surface area contributed by atoms with Crippen molar-refractivity contribution in [2.45, 2.75) is 63.3 Å². The van der Waals surface area contributed by atoms with E-state index < -0.39 is 41.4 Å². The highest BCUT2D eigenvalue weighted by atomic mass is 19.4. The van der Waals surface area contributed by atoms with Gasteiger partial charge in [-0.1, -0.05) is 18.7 Å². The third-order valence-corrected chi connectivity index (χ3v) is 12.7. The van der Waals surface area contributed by atoms with Gasteiger partial charge in [-0.05, 0) is 98.5 Å². The number of carbonyl (C=O) groups is 4. The molecule has 3 aliphatic heterocycles. The lowest BCUT2D eigenvalue weighted by Gasteiger charge is -2.34. The quantitative estimate of drug-likeness (QED) is 0.0886. The van der Waals surface area contributed by atoms with Crippen LogP contribution < -0.4 is 15.4 Å². The largest absolute Gasteiger partial charge is 0.491 e. The zero-order valence-corrected chi connectivity index (χ0v) is 36.1. The summed E-state index contributed by atoms with van der Waals surface area (Å²) in [5.74, 6) is -1.16. The van der Waals surface area contributed by atoms with Crippen molar-refractivity contribution in [2.75, 3.05) is 77.7 Å². The van der Waals surface area contributed by atoms with Gasteiger partial charge in [0.05, 0.1) is 54.2 Å². The second-order valence-electron chi connectivity index (χ2n) is 17.0. The van der Waals surface area contributed by atoms with Crippen molar-refractivity contribution in [2.24, 2.45) is 5.92 Å². The predicted molar refractivity (Wildman–Crippen MR) is 233 cm³/mol. The molecule has 1 aromatic heterocycles. The Bertz CT molecular complexity index is 2410. The van der Waals surface area contributed by atoms with Crippen molar-refractivity contribution < 1.29 is 51.7 Å². The number of aliphatic hydroxyl groups excluding tert-OH is 1. The normalized spacial score (nSPS) is 20.9. The molecule has 15 nitrogen and oxygen atoms in total. The summed E-state index contributed by atoms with van der Waals surface area (Å²) in [6, 6.07) is 14.3. The highest BCUT2D eigenvalue weighted by molar-refractivity contribution is 6.23. The number of nitrogens with one attached hydrogen (secondary N) is 2. The summed E-state index contributed by atoms with van der Waals surface area (Å²) < 4.78 is 59.5. The summed E-state index contributed by atoms with van der Waals surface area (Å²) in [6.07, 6.45) is -0.551. The number of fused-ring (bicyclic) bond motifs is 2. The lowest BCUT2D eigenvalue weighted by molar-refractivity contribution is -0.137. The van der Waals surface area contributed by atoms with Gasteiger partial charge in [-0.3, -0.25) is 39.2 Å². The molecule has 3 fully saturated rings. The van der Waals surface area contributed by atoms with Crippen molar-refractivity contribution in [3.8, 4) is 5.75 Å². The molecule has 1 saturated carbocycles. The first-order valence-corrected chi connectivity index (χ1v) is 22.2. The van der Waals surface area contributed by atoms with Gasteiger partial charge in [-0.25, -0.2) is 4.98 Å². The first kappa shape index (κ1) is 45.9. The molecule has 4 aromatic rings. The molecule has 0 bridgehead atoms. The average molecular weight is 902 g/mol. The van der Waals surface area contributed by atoms with Gasteiger partial charge in [-0.15, -0.1) is 0 Å². The molecule has 3 N–H and O–H groups in total. The summed E-state index contributed by atoms with van der Waals surface area (Å²) >= 11 is 0. The molecule has 4 heterocycles. The first-order valence-electron chi connectivity index (χ1n) is 22.2. The predicted octanol–water partition coefficient (Wildman–Crippen LogP) is 5.65. The topological polar surface area (TPSA) is 168 Å². The van der Waals surface area contributed by atoms with Crippen LogP contribution in [-0.2, 0) is 27.0 Å². The number of rotatable bonds is 17. The molecule has 4 amide bonds. The van der Waals surface area contributed by atoms with Crippen molar-refractivity contribution in [3.63, 3.8) is 0 Å². The Balaban J connectivity index is 0.751. The molecule has 346 valence electrons. The van der Waals surface area contributed by atoms with Crippen LogP contribution in [0.4, 0.5) is 19.1 Å². The van der Waals surface area contributed by atoms with E-state index in [1.54, 1.807) is 12.1 Å². The Morgan fingerprint density at radius 1 is 0.846 bits per heavy atom. The minimum absolute atomic E-state index is 0.0110. The molecular formula is C47H54F3N7O8. The smallest absolute Gasteiger partial charge is 0.416 e. The van der Waals surface area contributed by atoms with E-state index >= 15 is 0 Å². The van der Waals surface area contributed by atoms with Gasteiger partial charge < -0.3 is 29.2 Å². The van der Waals surface area contributed by atoms with Gasteiger partial charge in [0.15, 0.2) is 0 Å². The highest BCUT2D eigenvalue weighted by Crippen LogP contribution is 2.38. The summed E-state index contributed by atoms with van der Waals surface area (Å²) in [5.41, 5.74) is 2.61. The van der Waals surface area contributed by atoms with Gasteiger partial charge in [0, 0.05) is 63.2 Å². The Kier molecular flexibility index (Phi) is 14.3. The molecule has 3 aromatic carbocycles. The van der Waals surface area contributed by atoms with Crippen LogP contribution in [0.25, 0.3) is 11.0 Å². The number of hydrogen-bond acceptors (Lipinski definition) is 11. The zero-order chi connectivity index (χ0) is 45.7. The molecule has 8 rings (SSSR count). The fourth-order valence-electron chi connectivity index (χ4n) is 9.08. The van der Waals surface area contributed by atoms with Crippen LogP contribution >= 0.6 is 0 Å². The summed E-state index contributed by atoms with van der Waals surface area (Å²) in [7, 11) is 0. The minimum atomic E-state index is -4.58. The second-order valence-corrected chi connectivity index (χ2v) is 17.0. The number of nitrogens with zero attached hydrogens (tertiary/aromatic N) is 5. The van der Waals surface area contributed by atoms with Crippen molar-refractivity contribution in [3.05, 3.63) is 101 Å². The van der Waals surface area contributed by atoms with Crippen LogP contribution in [0.1, 0.15) is 86.8 Å². The maximum absolute atomic E-state index is 13.4. The Morgan fingerprint density at radius 3 is 2.31 bits per heavy atom. The number of allylic oxidation sites excluding steroid dienone is 1.